The van der Waals surface area contributed by atoms with Crippen LogP contribution < -0.4 is 0 Å². The first kappa shape index (κ1) is 2.78. The van der Waals surface area contributed by atoms with Crippen LogP contribution in [0.1, 0.15) is 21.1 Å². The maximum Gasteiger partial charge on any atom is 0.196 e. The third-order valence-corrected chi connectivity index (χ3v) is 1.43. The molecule has 2 heterocycles. The highest BCUT2D eigenvalue weighted by atomic mass is 79.9. The van der Waals surface area contributed by atoms with Gasteiger partial charge in [-0.2, -0.15) is 0 Å². The Morgan fingerprint density at radius 1 is 1.73 bits per heavy atom. The van der Waals surface area contributed by atoms with Crippen molar-refractivity contribution >= 4 is 15.9 Å². The molecule has 1 aliphatic heterocycles. The summed E-state index contributed by atoms with van der Waals surface area (Å²) in [4.78, 5) is 7.11. The van der Waals surface area contributed by atoms with E-state index in [0.29, 0.717) is 0 Å². The van der Waals surface area contributed by atoms with E-state index in [4.69, 9.17) is 9.60 Å². The first-order chi connectivity index (χ1) is 8.03. The van der Waals surface area contributed by atoms with E-state index in [1.807, 2.05) is 0 Å². The largest absolute Gasteiger partial charge is 0.380 e. The summed E-state index contributed by atoms with van der Waals surface area (Å²) in [6.07, 6.45) is -1.15. The van der Waals surface area contributed by atoms with Gasteiger partial charge < -0.3 is 4.74 Å². The molecule has 58 valence electrons. The maximum absolute atomic E-state index is 7.95. The molecule has 0 atom stereocenters. The smallest absolute Gasteiger partial charge is 0.196 e. The Balaban J connectivity index is 2.68. The molecule has 1 aromatic rings. The molecule has 0 aromatic carbocycles. The molecule has 0 bridgehead atoms. The normalized spacial score (nSPS) is 39.2. The molecular formula is C7H7BrN2O. The van der Waals surface area contributed by atoms with Gasteiger partial charge in [-0.25, -0.2) is 9.97 Å². The van der Waals surface area contributed by atoms with Crippen molar-refractivity contribution < 1.29 is 14.3 Å². The number of nitrogens with zero attached hydrogens (tertiary/aromatic N) is 2. The SMILES string of the molecule is [2H]c1nc(Br)nc([2H])c1C1([2H])C([2H])([2H])OC1([2H])[2H]. The van der Waals surface area contributed by atoms with Crippen molar-refractivity contribution in [1.82, 2.24) is 9.97 Å². The molecule has 0 unspecified atom stereocenters. The summed E-state index contributed by atoms with van der Waals surface area (Å²) < 4.78 is 57.2. The van der Waals surface area contributed by atoms with Gasteiger partial charge in [0.05, 0.1) is 21.3 Å². The maximum atomic E-state index is 7.95. The molecule has 2 rings (SSSR count). The van der Waals surface area contributed by atoms with Crippen LogP contribution in [0.2, 0.25) is 0 Å². The molecule has 0 spiro atoms. The molecule has 11 heavy (non-hydrogen) atoms. The van der Waals surface area contributed by atoms with E-state index in [-0.39, 0.29) is 4.73 Å². The quantitative estimate of drug-likeness (QED) is 0.673. The topological polar surface area (TPSA) is 35.0 Å². The summed E-state index contributed by atoms with van der Waals surface area (Å²) >= 11 is 2.87. The van der Waals surface area contributed by atoms with Gasteiger partial charge in [0.15, 0.2) is 4.73 Å². The summed E-state index contributed by atoms with van der Waals surface area (Å²) in [5.41, 5.74) is -0.535. The lowest BCUT2D eigenvalue weighted by atomic mass is 10.0. The molecule has 1 fully saturated rings. The Labute approximate surface area is 82.8 Å². The van der Waals surface area contributed by atoms with Gasteiger partial charge in [-0.3, -0.25) is 0 Å². The number of aromatic nitrogens is 2. The fraction of sp³-hybridized carbons (Fsp3) is 0.429. The van der Waals surface area contributed by atoms with E-state index in [1.54, 1.807) is 0 Å². The summed E-state index contributed by atoms with van der Waals surface area (Å²) in [5.74, 6) is -2.55. The predicted molar refractivity (Wildman–Crippen MR) is 43.3 cm³/mol. The fourth-order valence-corrected chi connectivity index (χ4v) is 0.747. The summed E-state index contributed by atoms with van der Waals surface area (Å²) in [7, 11) is 0. The van der Waals surface area contributed by atoms with Crippen molar-refractivity contribution in [2.75, 3.05) is 13.1 Å². The number of hydrogen-bond donors (Lipinski definition) is 0. The highest BCUT2D eigenvalue weighted by Gasteiger charge is 2.20. The third kappa shape index (κ3) is 1.41. The van der Waals surface area contributed by atoms with Crippen LogP contribution in [0.5, 0.6) is 0 Å². The van der Waals surface area contributed by atoms with Crippen LogP contribution in [-0.2, 0) is 4.74 Å². The molecule has 0 amide bonds. The lowest BCUT2D eigenvalue weighted by molar-refractivity contribution is 0.00813. The molecule has 1 aromatic heterocycles. The first-order valence-electron chi connectivity index (χ1n) is 6.24. The van der Waals surface area contributed by atoms with Gasteiger partial charge in [0, 0.05) is 19.6 Å². The third-order valence-electron chi connectivity index (χ3n) is 1.08. The Morgan fingerprint density at radius 2 is 2.36 bits per heavy atom. The van der Waals surface area contributed by atoms with Crippen molar-refractivity contribution in [2.24, 2.45) is 0 Å². The van der Waals surface area contributed by atoms with Crippen LogP contribution in [0.25, 0.3) is 0 Å². The first-order valence-corrected chi connectivity index (χ1v) is 3.53. The minimum Gasteiger partial charge on any atom is -0.380 e. The zero-order valence-electron chi connectivity index (χ0n) is 12.2. The van der Waals surface area contributed by atoms with Crippen LogP contribution in [0.3, 0.4) is 0 Å². The van der Waals surface area contributed by atoms with Gasteiger partial charge in [-0.05, 0) is 21.5 Å². The fourth-order valence-electron chi connectivity index (χ4n) is 0.570. The average Bonchev–Trinajstić information content (AvgIpc) is 2.13. The van der Waals surface area contributed by atoms with Crippen molar-refractivity contribution in [3.05, 3.63) is 22.6 Å². The van der Waals surface area contributed by atoms with Crippen LogP contribution >= 0.6 is 15.9 Å². The van der Waals surface area contributed by atoms with Gasteiger partial charge in [0.1, 0.15) is 0 Å². The van der Waals surface area contributed by atoms with Gasteiger partial charge in [0.25, 0.3) is 0 Å². The Hall–Kier alpha value is -0.480. The Morgan fingerprint density at radius 3 is 2.91 bits per heavy atom. The molecule has 0 saturated carbocycles. The zero-order valence-corrected chi connectivity index (χ0v) is 6.77. The average molecular weight is 222 g/mol. The van der Waals surface area contributed by atoms with E-state index < -0.39 is 36.9 Å². The molecule has 0 radical (unpaired) electrons. The number of halogens is 1. The molecule has 4 heteroatoms. The molecule has 1 saturated heterocycles. The van der Waals surface area contributed by atoms with Crippen LogP contribution in [-0.4, -0.2) is 23.1 Å². The summed E-state index contributed by atoms with van der Waals surface area (Å²) in [6, 6.07) is 0. The summed E-state index contributed by atoms with van der Waals surface area (Å²) in [5, 5.41) is 0. The second-order valence-corrected chi connectivity index (χ2v) is 2.48. The van der Waals surface area contributed by atoms with Crippen LogP contribution in [0.4, 0.5) is 0 Å². The lowest BCUT2D eigenvalue weighted by Crippen LogP contribution is -2.25. The number of ether oxygens (including phenoxy) is 1. The van der Waals surface area contributed by atoms with Gasteiger partial charge >= 0.3 is 0 Å². The minimum atomic E-state index is -2.65. The van der Waals surface area contributed by atoms with E-state index in [0.717, 1.165) is 0 Å². The molecule has 0 N–H and O–H groups in total. The molecule has 3 nitrogen and oxygen atoms in total. The van der Waals surface area contributed by atoms with Crippen LogP contribution in [0, 0.1) is 0 Å². The standard InChI is InChI=1S/C7H7BrN2O/c8-7-9-1-5(2-10-7)6-3-11-4-6/h1-2,6H,3-4H2/i1D,2D,3D2,4D2,6D. The lowest BCUT2D eigenvalue weighted by Gasteiger charge is -2.25. The van der Waals surface area contributed by atoms with Gasteiger partial charge in [-0.1, -0.05) is 0 Å². The molecule has 1 aliphatic rings. The Kier molecular flexibility index (Phi) is 0.725. The van der Waals surface area contributed by atoms with Gasteiger partial charge in [0.2, 0.25) is 0 Å². The van der Waals surface area contributed by atoms with Crippen LogP contribution in [0.15, 0.2) is 17.1 Å². The van der Waals surface area contributed by atoms with Crippen molar-refractivity contribution in [3.63, 3.8) is 0 Å². The number of rotatable bonds is 1. The van der Waals surface area contributed by atoms with E-state index in [2.05, 4.69) is 30.6 Å². The van der Waals surface area contributed by atoms with E-state index in [1.165, 1.54) is 0 Å². The van der Waals surface area contributed by atoms with E-state index >= 15 is 0 Å². The summed E-state index contributed by atoms with van der Waals surface area (Å²) in [6.45, 7) is -5.31. The number of hydrogen-bond acceptors (Lipinski definition) is 3. The zero-order chi connectivity index (χ0) is 13.9. The second kappa shape index (κ2) is 2.87. The van der Waals surface area contributed by atoms with Crippen molar-refractivity contribution in [3.8, 4) is 0 Å². The minimum absolute atomic E-state index is 0.0498. The van der Waals surface area contributed by atoms with Crippen molar-refractivity contribution in [2.45, 2.75) is 5.89 Å². The van der Waals surface area contributed by atoms with Gasteiger partial charge in [-0.15, -0.1) is 0 Å². The highest BCUT2D eigenvalue weighted by Crippen LogP contribution is 2.22. The van der Waals surface area contributed by atoms with Crippen molar-refractivity contribution in [1.29, 1.82) is 0 Å². The Bertz CT molecular complexity index is 486. The predicted octanol–water partition coefficient (Wildman–Crippen LogP) is 1.35. The molecule has 0 aliphatic carbocycles. The van der Waals surface area contributed by atoms with E-state index in [9.17, 15) is 0 Å². The second-order valence-electron chi connectivity index (χ2n) is 1.77. The molecular weight excluding hydrogens is 208 g/mol. The highest BCUT2D eigenvalue weighted by molar-refractivity contribution is 9.10. The monoisotopic (exact) mass is 221 g/mol.